The zero-order chi connectivity index (χ0) is 13.4. The Labute approximate surface area is 120 Å². The van der Waals surface area contributed by atoms with Crippen molar-refractivity contribution in [1.29, 1.82) is 0 Å². The van der Waals surface area contributed by atoms with Crippen LogP contribution >= 0.6 is 0 Å². The van der Waals surface area contributed by atoms with Crippen molar-refractivity contribution >= 4 is 0 Å². The number of likely N-dealkylation sites (tertiary alicyclic amines) is 1. The highest BCUT2D eigenvalue weighted by Crippen LogP contribution is 2.39. The number of ether oxygens (including phenoxy) is 1. The molecule has 0 spiro atoms. The number of aromatic amines is 1. The maximum absolute atomic E-state index is 5.50. The first-order chi connectivity index (χ1) is 9.92. The predicted molar refractivity (Wildman–Crippen MR) is 77.8 cm³/mol. The van der Waals surface area contributed by atoms with E-state index in [0.29, 0.717) is 5.92 Å². The van der Waals surface area contributed by atoms with Crippen molar-refractivity contribution in [2.24, 2.45) is 5.92 Å². The van der Waals surface area contributed by atoms with Gasteiger partial charge >= 0.3 is 0 Å². The summed E-state index contributed by atoms with van der Waals surface area (Å²) in [6, 6.07) is 0.738. The fraction of sp³-hybridized carbons (Fsp3) is 0.812. The minimum atomic E-state index is 0.679. The van der Waals surface area contributed by atoms with Gasteiger partial charge in [0, 0.05) is 37.4 Å². The Hall–Kier alpha value is -0.870. The smallest absolute Gasteiger partial charge is 0.0925 e. The molecule has 1 aromatic heterocycles. The second kappa shape index (κ2) is 5.49. The predicted octanol–water partition coefficient (Wildman–Crippen LogP) is 2.33. The molecule has 4 heteroatoms. The Morgan fingerprint density at radius 1 is 1.25 bits per heavy atom. The molecule has 3 aliphatic rings. The maximum Gasteiger partial charge on any atom is 0.0925 e. The second-order valence-electron chi connectivity index (χ2n) is 6.67. The molecular weight excluding hydrogens is 250 g/mol. The van der Waals surface area contributed by atoms with Crippen molar-refractivity contribution in [1.82, 2.24) is 14.9 Å². The molecule has 4 rings (SSSR count). The highest BCUT2D eigenvalue weighted by molar-refractivity contribution is 5.23. The summed E-state index contributed by atoms with van der Waals surface area (Å²) in [7, 11) is 0. The lowest BCUT2D eigenvalue weighted by atomic mass is 9.78. The number of aromatic nitrogens is 2. The molecular formula is C16H25N3O. The van der Waals surface area contributed by atoms with Crippen molar-refractivity contribution in [2.75, 3.05) is 26.3 Å². The van der Waals surface area contributed by atoms with Crippen LogP contribution in [0.25, 0.3) is 0 Å². The molecule has 2 fully saturated rings. The van der Waals surface area contributed by atoms with Gasteiger partial charge in [0.2, 0.25) is 0 Å². The van der Waals surface area contributed by atoms with Crippen LogP contribution in [0.3, 0.4) is 0 Å². The van der Waals surface area contributed by atoms with Crippen LogP contribution < -0.4 is 0 Å². The maximum atomic E-state index is 5.50. The van der Waals surface area contributed by atoms with Crippen LogP contribution in [-0.4, -0.2) is 47.2 Å². The van der Waals surface area contributed by atoms with Crippen LogP contribution in [0.15, 0.2) is 6.33 Å². The lowest BCUT2D eigenvalue weighted by molar-refractivity contribution is 0.0309. The van der Waals surface area contributed by atoms with E-state index in [9.17, 15) is 0 Å². The summed E-state index contributed by atoms with van der Waals surface area (Å²) in [6.45, 7) is 4.51. The van der Waals surface area contributed by atoms with E-state index in [4.69, 9.17) is 4.74 Å². The van der Waals surface area contributed by atoms with E-state index < -0.39 is 0 Å². The van der Waals surface area contributed by atoms with Crippen LogP contribution in [0.2, 0.25) is 0 Å². The van der Waals surface area contributed by atoms with Crippen LogP contribution in [0, 0.1) is 5.92 Å². The lowest BCUT2D eigenvalue weighted by Gasteiger charge is -2.45. The van der Waals surface area contributed by atoms with Crippen LogP contribution in [0.4, 0.5) is 0 Å². The van der Waals surface area contributed by atoms with E-state index in [1.54, 1.807) is 0 Å². The average molecular weight is 275 g/mol. The summed E-state index contributed by atoms with van der Waals surface area (Å²) in [5, 5.41) is 0. The summed E-state index contributed by atoms with van der Waals surface area (Å²) in [5.41, 5.74) is 2.78. The van der Waals surface area contributed by atoms with Gasteiger partial charge in [-0.2, -0.15) is 0 Å². The van der Waals surface area contributed by atoms with Crippen molar-refractivity contribution in [3.8, 4) is 0 Å². The van der Waals surface area contributed by atoms with E-state index >= 15 is 0 Å². The monoisotopic (exact) mass is 275 g/mol. The standard InChI is InChI=1S/C16H25N3O/c1-2-13-15(4-3-14-16(13)18-11-17-14)19(7-1)10-12-5-8-20-9-6-12/h11-13,15H,1-10H2,(H,17,18). The Morgan fingerprint density at radius 3 is 3.05 bits per heavy atom. The largest absolute Gasteiger partial charge is 0.381 e. The van der Waals surface area contributed by atoms with Crippen LogP contribution in [0.1, 0.15) is 49.4 Å². The van der Waals surface area contributed by atoms with E-state index in [1.165, 1.54) is 63.0 Å². The molecule has 1 aromatic rings. The second-order valence-corrected chi connectivity index (χ2v) is 6.67. The van der Waals surface area contributed by atoms with E-state index in [0.717, 1.165) is 25.2 Å². The van der Waals surface area contributed by atoms with Gasteiger partial charge in [-0.25, -0.2) is 4.98 Å². The van der Waals surface area contributed by atoms with E-state index in [1.807, 2.05) is 6.33 Å². The first kappa shape index (κ1) is 12.8. The first-order valence-electron chi connectivity index (χ1n) is 8.26. The molecule has 0 radical (unpaired) electrons. The van der Waals surface area contributed by atoms with Crippen molar-refractivity contribution in [3.05, 3.63) is 17.7 Å². The van der Waals surface area contributed by atoms with Crippen molar-refractivity contribution < 1.29 is 4.74 Å². The number of imidazole rings is 1. The third-order valence-corrected chi connectivity index (χ3v) is 5.52. The fourth-order valence-electron chi connectivity index (χ4n) is 4.46. The fourth-order valence-corrected chi connectivity index (χ4v) is 4.46. The van der Waals surface area contributed by atoms with Gasteiger partial charge in [-0.05, 0) is 51.0 Å². The summed E-state index contributed by atoms with van der Waals surface area (Å²) >= 11 is 0. The molecule has 0 bridgehead atoms. The molecule has 1 N–H and O–H groups in total. The molecule has 2 unspecified atom stereocenters. The third-order valence-electron chi connectivity index (χ3n) is 5.52. The highest BCUT2D eigenvalue weighted by atomic mass is 16.5. The molecule has 4 nitrogen and oxygen atoms in total. The highest BCUT2D eigenvalue weighted by Gasteiger charge is 2.38. The number of hydrogen-bond donors (Lipinski definition) is 1. The topological polar surface area (TPSA) is 41.2 Å². The number of rotatable bonds is 2. The molecule has 2 saturated heterocycles. The van der Waals surface area contributed by atoms with Crippen LogP contribution in [-0.2, 0) is 11.2 Å². The zero-order valence-electron chi connectivity index (χ0n) is 12.2. The van der Waals surface area contributed by atoms with Gasteiger partial charge < -0.3 is 9.72 Å². The first-order valence-corrected chi connectivity index (χ1v) is 8.26. The average Bonchev–Trinajstić information content (AvgIpc) is 2.97. The van der Waals surface area contributed by atoms with Gasteiger partial charge in [0.25, 0.3) is 0 Å². The molecule has 2 aliphatic heterocycles. The number of aryl methyl sites for hydroxylation is 1. The Kier molecular flexibility index (Phi) is 3.52. The Balaban J connectivity index is 1.48. The molecule has 20 heavy (non-hydrogen) atoms. The minimum absolute atomic E-state index is 0.679. The van der Waals surface area contributed by atoms with Gasteiger partial charge in [-0.3, -0.25) is 4.90 Å². The number of piperidine rings is 1. The van der Waals surface area contributed by atoms with Crippen LogP contribution in [0.5, 0.6) is 0 Å². The van der Waals surface area contributed by atoms with Crippen molar-refractivity contribution in [2.45, 2.75) is 50.5 Å². The number of hydrogen-bond acceptors (Lipinski definition) is 3. The normalized spacial score (nSPS) is 31.8. The number of fused-ring (bicyclic) bond motifs is 3. The Bertz CT molecular complexity index is 452. The molecule has 1 aliphatic carbocycles. The molecule has 0 aromatic carbocycles. The lowest BCUT2D eigenvalue weighted by Crippen LogP contribution is -2.48. The molecule has 0 saturated carbocycles. The summed E-state index contributed by atoms with van der Waals surface area (Å²) < 4.78 is 5.50. The summed E-state index contributed by atoms with van der Waals surface area (Å²) in [5.74, 6) is 1.53. The number of nitrogens with zero attached hydrogens (tertiary/aromatic N) is 2. The Morgan fingerprint density at radius 2 is 2.15 bits per heavy atom. The van der Waals surface area contributed by atoms with Gasteiger partial charge in [0.15, 0.2) is 0 Å². The van der Waals surface area contributed by atoms with Gasteiger partial charge in [0.05, 0.1) is 12.0 Å². The van der Waals surface area contributed by atoms with Gasteiger partial charge in [-0.1, -0.05) is 0 Å². The molecule has 110 valence electrons. The third kappa shape index (κ3) is 2.29. The summed E-state index contributed by atoms with van der Waals surface area (Å²) in [4.78, 5) is 10.7. The molecule has 2 atom stereocenters. The minimum Gasteiger partial charge on any atom is -0.381 e. The van der Waals surface area contributed by atoms with Gasteiger partial charge in [0.1, 0.15) is 0 Å². The van der Waals surface area contributed by atoms with Gasteiger partial charge in [-0.15, -0.1) is 0 Å². The van der Waals surface area contributed by atoms with Crippen molar-refractivity contribution in [3.63, 3.8) is 0 Å². The summed E-state index contributed by atoms with van der Waals surface area (Å²) in [6.07, 6.45) is 9.54. The number of nitrogens with one attached hydrogen (secondary N) is 1. The quantitative estimate of drug-likeness (QED) is 0.900. The SMILES string of the molecule is c1nc2c([nH]1)CCC1C2CCCN1CC1CCOCC1. The van der Waals surface area contributed by atoms with E-state index in [-0.39, 0.29) is 0 Å². The van der Waals surface area contributed by atoms with E-state index in [2.05, 4.69) is 14.9 Å². The number of H-pyrrole nitrogens is 1. The zero-order valence-corrected chi connectivity index (χ0v) is 12.2. The molecule has 3 heterocycles. The molecule has 0 amide bonds.